The molecule has 1 fully saturated rings. The fourth-order valence-corrected chi connectivity index (χ4v) is 6.11. The highest BCUT2D eigenvalue weighted by Crippen LogP contribution is 2.52. The van der Waals surface area contributed by atoms with Crippen LogP contribution in [0.1, 0.15) is 34.1 Å². The Morgan fingerprint density at radius 3 is 1.68 bits per heavy atom. The van der Waals surface area contributed by atoms with Crippen LogP contribution in [0.4, 0.5) is 0 Å². The summed E-state index contributed by atoms with van der Waals surface area (Å²) in [6.45, 7) is 3.85. The first-order chi connectivity index (χ1) is 13.2. The van der Waals surface area contributed by atoms with Gasteiger partial charge in [-0.3, -0.25) is 4.79 Å². The lowest BCUT2D eigenvalue weighted by Gasteiger charge is -2.42. The van der Waals surface area contributed by atoms with Gasteiger partial charge in [0.25, 0.3) is 0 Å². The molecule has 28 heavy (non-hydrogen) atoms. The first-order valence-electron chi connectivity index (χ1n) is 9.06. The number of benzene rings is 2. The average Bonchev–Trinajstić information content (AvgIpc) is 2.67. The summed E-state index contributed by atoms with van der Waals surface area (Å²) in [5.41, 5.74) is 1.71. The van der Waals surface area contributed by atoms with E-state index in [0.717, 1.165) is 11.1 Å². The first-order valence-corrected chi connectivity index (χ1v) is 10.9. The summed E-state index contributed by atoms with van der Waals surface area (Å²) < 4.78 is 30.7. The Labute approximate surface area is 165 Å². The number of sulfone groups is 1. The molecule has 0 spiro atoms. The molecule has 1 heterocycles. The molecule has 3 rings (SSSR count). The normalized spacial score (nSPS) is 26.2. The SMILES string of the molecule is COC(=O)C1(C#N)C(c2ccc(C)cc2)CS(=O)(=O)CC1c1ccc(C)cc1. The van der Waals surface area contributed by atoms with Crippen LogP contribution >= 0.6 is 0 Å². The second-order valence-electron chi connectivity index (χ2n) is 7.48. The Balaban J connectivity index is 2.26. The predicted molar refractivity (Wildman–Crippen MR) is 107 cm³/mol. The van der Waals surface area contributed by atoms with Gasteiger partial charge in [-0.15, -0.1) is 0 Å². The molecule has 0 bridgehead atoms. The van der Waals surface area contributed by atoms with E-state index in [1.54, 1.807) is 24.3 Å². The van der Waals surface area contributed by atoms with Gasteiger partial charge >= 0.3 is 5.97 Å². The van der Waals surface area contributed by atoms with Crippen LogP contribution in [0.2, 0.25) is 0 Å². The van der Waals surface area contributed by atoms with E-state index < -0.39 is 33.1 Å². The Bertz CT molecular complexity index is 956. The largest absolute Gasteiger partial charge is 0.468 e. The minimum absolute atomic E-state index is 0.263. The Hall–Kier alpha value is -2.65. The number of methoxy groups -OCH3 is 1. The lowest BCUT2D eigenvalue weighted by molar-refractivity contribution is -0.151. The van der Waals surface area contributed by atoms with E-state index in [1.807, 2.05) is 38.1 Å². The number of rotatable bonds is 3. The Morgan fingerprint density at radius 1 is 0.964 bits per heavy atom. The standard InChI is InChI=1S/C22H23NO4S/c1-15-4-8-17(9-5-15)19-12-28(25,26)13-20(18-10-6-16(2)7-11-18)22(19,14-23)21(24)27-3/h4-11,19-20H,12-13H2,1-3H3. The van der Waals surface area contributed by atoms with Gasteiger partial charge in [-0.05, 0) is 25.0 Å². The van der Waals surface area contributed by atoms with E-state index in [-0.39, 0.29) is 11.5 Å². The molecule has 5 nitrogen and oxygen atoms in total. The smallest absolute Gasteiger partial charge is 0.327 e. The second-order valence-corrected chi connectivity index (χ2v) is 9.63. The molecule has 0 saturated carbocycles. The highest BCUT2D eigenvalue weighted by molar-refractivity contribution is 7.91. The zero-order valence-electron chi connectivity index (χ0n) is 16.2. The molecule has 0 aliphatic carbocycles. The van der Waals surface area contributed by atoms with Crippen LogP contribution in [0.3, 0.4) is 0 Å². The Morgan fingerprint density at radius 2 is 1.36 bits per heavy atom. The van der Waals surface area contributed by atoms with Crippen molar-refractivity contribution in [2.24, 2.45) is 5.41 Å². The first kappa shape index (κ1) is 20.1. The van der Waals surface area contributed by atoms with Crippen molar-refractivity contribution in [2.75, 3.05) is 18.6 Å². The number of carbonyl (C=O) groups excluding carboxylic acids is 1. The molecule has 1 aliphatic rings. The van der Waals surface area contributed by atoms with Crippen molar-refractivity contribution in [1.82, 2.24) is 0 Å². The van der Waals surface area contributed by atoms with E-state index in [0.29, 0.717) is 11.1 Å². The van der Waals surface area contributed by atoms with E-state index in [9.17, 15) is 18.5 Å². The van der Waals surface area contributed by atoms with Crippen molar-refractivity contribution in [3.8, 4) is 6.07 Å². The summed E-state index contributed by atoms with van der Waals surface area (Å²) in [4.78, 5) is 13.0. The number of aryl methyl sites for hydroxylation is 2. The van der Waals surface area contributed by atoms with Gasteiger partial charge in [-0.25, -0.2) is 8.42 Å². The second kappa shape index (κ2) is 7.40. The van der Waals surface area contributed by atoms with Crippen molar-refractivity contribution >= 4 is 15.8 Å². The van der Waals surface area contributed by atoms with Crippen LogP contribution in [0.15, 0.2) is 48.5 Å². The summed E-state index contributed by atoms with van der Waals surface area (Å²) in [7, 11) is -2.24. The van der Waals surface area contributed by atoms with Crippen molar-refractivity contribution in [3.05, 3.63) is 70.8 Å². The summed E-state index contributed by atoms with van der Waals surface area (Å²) in [6, 6.07) is 16.8. The monoisotopic (exact) mass is 397 g/mol. The van der Waals surface area contributed by atoms with Crippen molar-refractivity contribution in [2.45, 2.75) is 25.7 Å². The van der Waals surface area contributed by atoms with Gasteiger partial charge in [0.05, 0.1) is 24.7 Å². The summed E-state index contributed by atoms with van der Waals surface area (Å²) in [5, 5.41) is 10.2. The molecule has 2 aromatic rings. The molecule has 0 radical (unpaired) electrons. The molecule has 2 aromatic carbocycles. The average molecular weight is 397 g/mol. The minimum atomic E-state index is -3.48. The van der Waals surface area contributed by atoms with Gasteiger partial charge in [0.2, 0.25) is 0 Å². The third-order valence-electron chi connectivity index (χ3n) is 5.61. The highest BCUT2D eigenvalue weighted by Gasteiger charge is 2.59. The maximum Gasteiger partial charge on any atom is 0.327 e. The van der Waals surface area contributed by atoms with E-state index in [4.69, 9.17) is 4.74 Å². The molecular formula is C22H23NO4S. The van der Waals surface area contributed by atoms with Crippen LogP contribution in [0.5, 0.6) is 0 Å². The predicted octanol–water partition coefficient (Wildman–Crippen LogP) is 3.28. The third-order valence-corrected chi connectivity index (χ3v) is 7.29. The number of esters is 1. The molecule has 2 unspecified atom stereocenters. The zero-order chi connectivity index (χ0) is 20.5. The topological polar surface area (TPSA) is 84.2 Å². The van der Waals surface area contributed by atoms with Crippen molar-refractivity contribution in [3.63, 3.8) is 0 Å². The molecule has 6 heteroatoms. The lowest BCUT2D eigenvalue weighted by atomic mass is 9.63. The number of carbonyl (C=O) groups is 1. The molecule has 2 atom stereocenters. The van der Waals surface area contributed by atoms with Crippen molar-refractivity contribution < 1.29 is 17.9 Å². The number of nitrogens with zero attached hydrogens (tertiary/aromatic N) is 1. The van der Waals surface area contributed by atoms with E-state index >= 15 is 0 Å². The fourth-order valence-electron chi connectivity index (χ4n) is 4.05. The zero-order valence-corrected chi connectivity index (χ0v) is 17.0. The van der Waals surface area contributed by atoms with E-state index in [1.165, 1.54) is 7.11 Å². The Kier molecular flexibility index (Phi) is 5.31. The minimum Gasteiger partial charge on any atom is -0.468 e. The van der Waals surface area contributed by atoms with Crippen LogP contribution in [-0.4, -0.2) is 33.0 Å². The molecule has 1 saturated heterocycles. The van der Waals surface area contributed by atoms with Crippen LogP contribution < -0.4 is 0 Å². The van der Waals surface area contributed by atoms with Gasteiger partial charge in [-0.1, -0.05) is 59.7 Å². The maximum atomic E-state index is 13.0. The van der Waals surface area contributed by atoms with Gasteiger partial charge in [0, 0.05) is 11.8 Å². The lowest BCUT2D eigenvalue weighted by Crippen LogP contribution is -2.51. The highest BCUT2D eigenvalue weighted by atomic mass is 32.2. The molecule has 146 valence electrons. The van der Waals surface area contributed by atoms with Gasteiger partial charge in [0.15, 0.2) is 15.3 Å². The van der Waals surface area contributed by atoms with Gasteiger partial charge in [0.1, 0.15) is 0 Å². The molecule has 0 N–H and O–H groups in total. The molecule has 0 amide bonds. The molecule has 1 aliphatic heterocycles. The quantitative estimate of drug-likeness (QED) is 0.742. The van der Waals surface area contributed by atoms with Crippen LogP contribution in [0.25, 0.3) is 0 Å². The van der Waals surface area contributed by atoms with E-state index in [2.05, 4.69) is 6.07 Å². The van der Waals surface area contributed by atoms with Gasteiger partial charge < -0.3 is 4.74 Å². The molecule has 0 aromatic heterocycles. The van der Waals surface area contributed by atoms with Crippen molar-refractivity contribution in [1.29, 1.82) is 5.26 Å². The molecular weight excluding hydrogens is 374 g/mol. The number of ether oxygens (including phenoxy) is 1. The number of nitriles is 1. The summed E-state index contributed by atoms with van der Waals surface area (Å²) in [6.07, 6.45) is 0. The fraction of sp³-hybridized carbons (Fsp3) is 0.364. The maximum absolute atomic E-state index is 13.0. The van der Waals surface area contributed by atoms with Crippen LogP contribution in [0, 0.1) is 30.6 Å². The third kappa shape index (κ3) is 3.43. The van der Waals surface area contributed by atoms with Crippen LogP contribution in [-0.2, 0) is 19.4 Å². The number of hydrogen-bond donors (Lipinski definition) is 0. The number of hydrogen-bond acceptors (Lipinski definition) is 5. The summed E-state index contributed by atoms with van der Waals surface area (Å²) >= 11 is 0. The van der Waals surface area contributed by atoms with Gasteiger partial charge in [-0.2, -0.15) is 5.26 Å². The summed E-state index contributed by atoms with van der Waals surface area (Å²) in [5.74, 6) is -2.84.